The van der Waals surface area contributed by atoms with Crippen molar-refractivity contribution in [1.82, 2.24) is 49.8 Å². The minimum absolute atomic E-state index is 0.875. The number of benzene rings is 8. The van der Waals surface area contributed by atoms with Gasteiger partial charge in [-0.15, -0.1) is 0 Å². The second kappa shape index (κ2) is 22.8. The van der Waals surface area contributed by atoms with Crippen LogP contribution in [0.2, 0.25) is 0 Å². The lowest BCUT2D eigenvalue weighted by molar-refractivity contribution is 1.28. The first kappa shape index (κ1) is 53.6. The van der Waals surface area contributed by atoms with Gasteiger partial charge in [0, 0.05) is 91.4 Å². The predicted molar refractivity (Wildman–Crippen MR) is 374 cm³/mol. The van der Waals surface area contributed by atoms with E-state index in [1.54, 1.807) is 12.4 Å². The number of rotatable bonds is 8. The Morgan fingerprint density at radius 2 is 0.543 bits per heavy atom. The fourth-order valence-electron chi connectivity index (χ4n) is 12.5. The first-order valence-corrected chi connectivity index (χ1v) is 30.5. The quantitative estimate of drug-likeness (QED) is 0.136. The first-order chi connectivity index (χ1) is 45.5. The normalized spacial score (nSPS) is 11.5. The summed E-state index contributed by atoms with van der Waals surface area (Å²) in [5.74, 6) is 0. The van der Waals surface area contributed by atoms with Gasteiger partial charge in [0.2, 0.25) is 0 Å². The lowest BCUT2D eigenvalue weighted by Gasteiger charge is -2.11. The third-order valence-corrected chi connectivity index (χ3v) is 17.2. The van der Waals surface area contributed by atoms with Crippen molar-refractivity contribution in [3.05, 3.63) is 304 Å². The molecule has 10 heterocycles. The van der Waals surface area contributed by atoms with E-state index in [0.717, 1.165) is 177 Å². The third-order valence-electron chi connectivity index (χ3n) is 17.2. The lowest BCUT2D eigenvalue weighted by Crippen LogP contribution is -1.90. The van der Waals surface area contributed by atoms with Gasteiger partial charge in [-0.2, -0.15) is 0 Å². The Morgan fingerprint density at radius 3 is 1.03 bits per heavy atom. The molecule has 92 heavy (non-hydrogen) atoms. The van der Waals surface area contributed by atoms with Crippen LogP contribution in [0.3, 0.4) is 0 Å². The van der Waals surface area contributed by atoms with E-state index >= 15 is 0 Å². The molecule has 0 aliphatic heterocycles. The van der Waals surface area contributed by atoms with Crippen molar-refractivity contribution in [2.45, 2.75) is 0 Å². The second-order valence-corrected chi connectivity index (χ2v) is 22.8. The molecule has 0 unspecified atom stereocenters. The molecule has 10 heteroatoms. The molecule has 0 saturated heterocycles. The Balaban J connectivity index is 0.000000141. The first-order valence-electron chi connectivity index (χ1n) is 30.5. The Morgan fingerprint density at radius 1 is 0.174 bits per heavy atom. The Hall–Kier alpha value is -12.7. The summed E-state index contributed by atoms with van der Waals surface area (Å²) < 4.78 is 0. The topological polar surface area (TPSA) is 129 Å². The van der Waals surface area contributed by atoms with Gasteiger partial charge in [-0.1, -0.05) is 140 Å². The van der Waals surface area contributed by atoms with Gasteiger partial charge in [0.1, 0.15) is 0 Å². The average molecular weight is 1180 g/mol. The van der Waals surface area contributed by atoms with Crippen LogP contribution in [0.1, 0.15) is 0 Å². The Bertz CT molecular complexity index is 5860. The lowest BCUT2D eigenvalue weighted by atomic mass is 9.96. The maximum absolute atomic E-state index is 5.03. The molecule has 10 aromatic heterocycles. The molecule has 18 rings (SSSR count). The molecule has 0 fully saturated rings. The molecule has 0 atom stereocenters. The highest BCUT2D eigenvalue weighted by Crippen LogP contribution is 2.37. The summed E-state index contributed by atoms with van der Waals surface area (Å²) in [6.45, 7) is 0. The molecule has 0 N–H and O–H groups in total. The molecule has 0 bridgehead atoms. The van der Waals surface area contributed by atoms with Crippen molar-refractivity contribution < 1.29 is 0 Å². The van der Waals surface area contributed by atoms with Crippen molar-refractivity contribution in [3.8, 4) is 89.8 Å². The highest BCUT2D eigenvalue weighted by molar-refractivity contribution is 6.11. The van der Waals surface area contributed by atoms with Crippen LogP contribution >= 0.6 is 0 Å². The summed E-state index contributed by atoms with van der Waals surface area (Å²) >= 11 is 0. The minimum Gasteiger partial charge on any atom is -0.255 e. The zero-order valence-corrected chi connectivity index (χ0v) is 49.3. The fourth-order valence-corrected chi connectivity index (χ4v) is 12.5. The zero-order valence-electron chi connectivity index (χ0n) is 49.3. The van der Waals surface area contributed by atoms with E-state index in [9.17, 15) is 0 Å². The highest BCUT2D eigenvalue weighted by atomic mass is 14.8. The third kappa shape index (κ3) is 10.1. The molecule has 0 amide bonds. The van der Waals surface area contributed by atoms with Crippen molar-refractivity contribution >= 4 is 87.2 Å². The van der Waals surface area contributed by atoms with Gasteiger partial charge >= 0.3 is 0 Å². The minimum atomic E-state index is 0.875. The van der Waals surface area contributed by atoms with Gasteiger partial charge in [0.15, 0.2) is 0 Å². The number of hydrogen-bond donors (Lipinski definition) is 0. The van der Waals surface area contributed by atoms with E-state index < -0.39 is 0 Å². The average Bonchev–Trinajstić information content (AvgIpc) is 0.904. The summed E-state index contributed by atoms with van der Waals surface area (Å²) in [5.41, 5.74) is 24.2. The number of hydrogen-bond acceptors (Lipinski definition) is 10. The molecular formula is C82H50N10. The highest BCUT2D eigenvalue weighted by Gasteiger charge is 2.15. The summed E-state index contributed by atoms with van der Waals surface area (Å²) in [6, 6.07) is 92.3. The van der Waals surface area contributed by atoms with Crippen LogP contribution in [0.4, 0.5) is 0 Å². The van der Waals surface area contributed by atoms with Crippen LogP contribution in [0, 0.1) is 0 Å². The molecule has 0 spiro atoms. The van der Waals surface area contributed by atoms with Crippen LogP contribution in [0.25, 0.3) is 177 Å². The van der Waals surface area contributed by atoms with E-state index in [1.165, 1.54) is 0 Å². The van der Waals surface area contributed by atoms with Gasteiger partial charge in [0.05, 0.1) is 78.3 Å². The number of aromatic nitrogens is 10. The monoisotopic (exact) mass is 1170 g/mol. The number of nitrogens with zero attached hydrogens (tertiary/aromatic N) is 10. The van der Waals surface area contributed by atoms with E-state index in [2.05, 4.69) is 230 Å². The summed E-state index contributed by atoms with van der Waals surface area (Å²) in [7, 11) is 0. The largest absolute Gasteiger partial charge is 0.255 e. The summed E-state index contributed by atoms with van der Waals surface area (Å²) in [6.07, 6.45) is 10.9. The molecule has 0 radical (unpaired) electrons. The molecular weight excluding hydrogens is 1120 g/mol. The van der Waals surface area contributed by atoms with Crippen LogP contribution in [-0.2, 0) is 0 Å². The van der Waals surface area contributed by atoms with Crippen molar-refractivity contribution in [2.24, 2.45) is 0 Å². The zero-order chi connectivity index (χ0) is 60.9. The van der Waals surface area contributed by atoms with Crippen molar-refractivity contribution in [1.29, 1.82) is 0 Å². The van der Waals surface area contributed by atoms with E-state index in [4.69, 9.17) is 19.9 Å². The standard InChI is InChI=1S/2C41H25N5/c1-2-20-42-38(7-1)39-19-15-31-24-29(13-17-37(31)46-39)28-12-16-36-30(23-28)14-18-35(45-36)27-10-8-26(9-11-27)34-25-32-5-3-21-43-40(32)41-33(34)6-4-22-44-41;1-2-21-42-38(5-1)39-19-14-32-25-30(12-17-37(32)46-39)29-11-16-36-31(24-29)13-18-35(45-36)27-8-6-26(7-9-27)33-20-23-44-41-34(33)15-10-28-4-3-22-43-40(28)41/h2*1-25H. The molecule has 0 saturated carbocycles. The van der Waals surface area contributed by atoms with Gasteiger partial charge in [-0.3, -0.25) is 29.9 Å². The molecule has 10 nitrogen and oxygen atoms in total. The molecule has 0 aliphatic rings. The van der Waals surface area contributed by atoms with Crippen LogP contribution in [-0.4, -0.2) is 49.8 Å². The Labute approximate surface area is 528 Å². The van der Waals surface area contributed by atoms with Crippen LogP contribution in [0.5, 0.6) is 0 Å². The van der Waals surface area contributed by atoms with Crippen molar-refractivity contribution in [3.63, 3.8) is 0 Å². The maximum Gasteiger partial charge on any atom is 0.0970 e. The smallest absolute Gasteiger partial charge is 0.0970 e. The van der Waals surface area contributed by atoms with E-state index in [0.29, 0.717) is 0 Å². The van der Waals surface area contributed by atoms with Gasteiger partial charge in [0.25, 0.3) is 0 Å². The molecule has 0 aliphatic carbocycles. The summed E-state index contributed by atoms with van der Waals surface area (Å²) in [4.78, 5) is 47.1. The molecule has 18 aromatic rings. The second-order valence-electron chi connectivity index (χ2n) is 22.8. The summed E-state index contributed by atoms with van der Waals surface area (Å²) in [5, 5.41) is 8.76. The fraction of sp³-hybridized carbons (Fsp3) is 0. The molecule has 8 aromatic carbocycles. The van der Waals surface area contributed by atoms with Crippen LogP contribution < -0.4 is 0 Å². The van der Waals surface area contributed by atoms with E-state index in [1.807, 2.05) is 91.5 Å². The molecule has 428 valence electrons. The van der Waals surface area contributed by atoms with E-state index in [-0.39, 0.29) is 0 Å². The number of pyridine rings is 10. The predicted octanol–water partition coefficient (Wildman–Crippen LogP) is 19.9. The maximum atomic E-state index is 5.03. The van der Waals surface area contributed by atoms with Gasteiger partial charge in [-0.25, -0.2) is 19.9 Å². The van der Waals surface area contributed by atoms with Gasteiger partial charge < -0.3 is 0 Å². The van der Waals surface area contributed by atoms with Crippen LogP contribution in [0.15, 0.2) is 304 Å². The van der Waals surface area contributed by atoms with Gasteiger partial charge in [-0.05, 0) is 172 Å². The Kier molecular flexibility index (Phi) is 13.3. The SMILES string of the molecule is c1ccc(-c2ccc3cc(-c4ccc5nc(-c6ccc(-c7cc8cccnc8c8ncccc78)cc6)ccc5c4)ccc3n2)nc1.c1ccc(-c2ccc3cc(-c4ccc5nc(-c6ccc(-c7ccnc8c7ccc7cccnc78)cc6)ccc5c4)ccc3n2)nc1. The number of fused-ring (bicyclic) bond motifs is 10. The van der Waals surface area contributed by atoms with Crippen molar-refractivity contribution in [2.75, 3.05) is 0 Å².